The van der Waals surface area contributed by atoms with Gasteiger partial charge in [-0.05, 0) is 67.2 Å². The van der Waals surface area contributed by atoms with E-state index in [-0.39, 0.29) is 5.41 Å². The first kappa shape index (κ1) is 12.1. The van der Waals surface area contributed by atoms with Crippen LogP contribution in [0.25, 0.3) is 0 Å². The van der Waals surface area contributed by atoms with Gasteiger partial charge in [0.25, 0.3) is 0 Å². The highest BCUT2D eigenvalue weighted by Crippen LogP contribution is 2.56. The van der Waals surface area contributed by atoms with E-state index in [1.807, 2.05) is 0 Å². The normalized spacial score (nSPS) is 34.2. The number of halogens is 2. The lowest BCUT2D eigenvalue weighted by atomic mass is 9.69. The molecule has 3 atom stereocenters. The molecule has 2 aliphatic carbocycles. The highest BCUT2D eigenvalue weighted by molar-refractivity contribution is 5.21. The fourth-order valence-corrected chi connectivity index (χ4v) is 4.15. The first-order chi connectivity index (χ1) is 8.63. The quantitative estimate of drug-likeness (QED) is 0.876. The Balaban J connectivity index is 1.84. The van der Waals surface area contributed by atoms with Crippen LogP contribution in [0.15, 0.2) is 18.2 Å². The molecule has 0 aliphatic heterocycles. The van der Waals surface area contributed by atoms with Crippen LogP contribution in [-0.4, -0.2) is 6.54 Å². The van der Waals surface area contributed by atoms with Gasteiger partial charge in [-0.25, -0.2) is 8.78 Å². The van der Waals surface area contributed by atoms with Gasteiger partial charge in [-0.1, -0.05) is 12.5 Å². The third-order valence-electron chi connectivity index (χ3n) is 5.05. The first-order valence-corrected chi connectivity index (χ1v) is 6.77. The summed E-state index contributed by atoms with van der Waals surface area (Å²) in [6.07, 6.45) is 5.81. The van der Waals surface area contributed by atoms with Crippen molar-refractivity contribution in [1.29, 1.82) is 0 Å². The van der Waals surface area contributed by atoms with E-state index < -0.39 is 11.6 Å². The van der Waals surface area contributed by atoms with Crippen molar-refractivity contribution in [3.8, 4) is 0 Å². The van der Waals surface area contributed by atoms with Crippen molar-refractivity contribution >= 4 is 0 Å². The Bertz CT molecular complexity index is 460. The zero-order valence-electron chi connectivity index (χ0n) is 10.5. The van der Waals surface area contributed by atoms with E-state index in [1.165, 1.54) is 31.4 Å². The molecule has 1 aromatic carbocycles. The van der Waals surface area contributed by atoms with Crippen LogP contribution in [0.3, 0.4) is 0 Å². The minimum atomic E-state index is -0.770. The zero-order valence-corrected chi connectivity index (χ0v) is 10.5. The molecule has 2 fully saturated rings. The van der Waals surface area contributed by atoms with E-state index in [2.05, 4.69) is 0 Å². The van der Waals surface area contributed by atoms with Crippen molar-refractivity contribution in [2.75, 3.05) is 6.54 Å². The summed E-state index contributed by atoms with van der Waals surface area (Å²) in [5, 5.41) is 0. The van der Waals surface area contributed by atoms with Crippen LogP contribution in [-0.2, 0) is 6.42 Å². The fraction of sp³-hybridized carbons (Fsp3) is 0.600. The number of rotatable bonds is 3. The summed E-state index contributed by atoms with van der Waals surface area (Å²) >= 11 is 0. The smallest absolute Gasteiger partial charge is 0.159 e. The van der Waals surface area contributed by atoms with Crippen molar-refractivity contribution in [3.63, 3.8) is 0 Å². The number of hydrogen-bond acceptors (Lipinski definition) is 1. The van der Waals surface area contributed by atoms with Crippen LogP contribution in [0.5, 0.6) is 0 Å². The second-order valence-electron chi connectivity index (χ2n) is 6.07. The molecule has 98 valence electrons. The average Bonchev–Trinajstić information content (AvgIpc) is 2.94. The lowest BCUT2D eigenvalue weighted by molar-refractivity contribution is 0.171. The molecule has 0 saturated heterocycles. The van der Waals surface area contributed by atoms with Crippen LogP contribution in [0.2, 0.25) is 0 Å². The molecule has 1 nitrogen and oxygen atoms in total. The van der Waals surface area contributed by atoms with Gasteiger partial charge in [-0.15, -0.1) is 0 Å². The monoisotopic (exact) mass is 251 g/mol. The largest absolute Gasteiger partial charge is 0.330 e. The molecule has 2 bridgehead atoms. The molecule has 2 aliphatic rings. The third-order valence-corrected chi connectivity index (χ3v) is 5.05. The van der Waals surface area contributed by atoms with Crippen LogP contribution in [0.4, 0.5) is 8.78 Å². The maximum absolute atomic E-state index is 13.3. The lowest BCUT2D eigenvalue weighted by Crippen LogP contribution is -2.37. The van der Waals surface area contributed by atoms with Crippen LogP contribution in [0, 0.1) is 28.9 Å². The lowest BCUT2D eigenvalue weighted by Gasteiger charge is -2.37. The van der Waals surface area contributed by atoms with E-state index in [4.69, 9.17) is 5.73 Å². The minimum absolute atomic E-state index is 0.132. The standard InChI is InChI=1S/C15H19F2N/c16-13-4-2-11(6-14(13)17)8-15(9-18)7-10-1-3-12(15)5-10/h2,4,6,10,12H,1,3,5,7-9,18H2. The molecule has 0 radical (unpaired) electrons. The predicted octanol–water partition coefficient (Wildman–Crippen LogP) is 3.27. The van der Waals surface area contributed by atoms with Gasteiger partial charge >= 0.3 is 0 Å². The molecule has 0 aromatic heterocycles. The third kappa shape index (κ3) is 1.85. The number of hydrogen-bond donors (Lipinski definition) is 1. The summed E-state index contributed by atoms with van der Waals surface area (Å²) in [4.78, 5) is 0. The van der Waals surface area contributed by atoms with Gasteiger partial charge < -0.3 is 5.73 Å². The molecule has 0 spiro atoms. The fourth-order valence-electron chi connectivity index (χ4n) is 4.15. The number of benzene rings is 1. The van der Waals surface area contributed by atoms with Gasteiger partial charge in [0.1, 0.15) is 0 Å². The van der Waals surface area contributed by atoms with E-state index in [0.717, 1.165) is 24.3 Å². The first-order valence-electron chi connectivity index (χ1n) is 6.77. The highest BCUT2D eigenvalue weighted by Gasteiger charge is 2.49. The molecule has 3 rings (SSSR count). The van der Waals surface area contributed by atoms with E-state index in [1.54, 1.807) is 6.07 Å². The van der Waals surface area contributed by atoms with Crippen LogP contribution in [0.1, 0.15) is 31.2 Å². The Labute approximate surface area is 106 Å². The van der Waals surface area contributed by atoms with Gasteiger partial charge in [0, 0.05) is 0 Å². The molecular formula is C15H19F2N. The molecule has 0 amide bonds. The van der Waals surface area contributed by atoms with E-state index >= 15 is 0 Å². The summed E-state index contributed by atoms with van der Waals surface area (Å²) in [7, 11) is 0. The number of fused-ring (bicyclic) bond motifs is 2. The number of nitrogens with two attached hydrogens (primary N) is 1. The Morgan fingerprint density at radius 3 is 2.61 bits per heavy atom. The topological polar surface area (TPSA) is 26.0 Å². The molecule has 3 heteroatoms. The highest BCUT2D eigenvalue weighted by atomic mass is 19.2. The van der Waals surface area contributed by atoms with E-state index in [9.17, 15) is 8.78 Å². The van der Waals surface area contributed by atoms with E-state index in [0.29, 0.717) is 12.5 Å². The summed E-state index contributed by atoms with van der Waals surface area (Å²) < 4.78 is 26.2. The molecule has 2 saturated carbocycles. The second-order valence-corrected chi connectivity index (χ2v) is 6.07. The predicted molar refractivity (Wildman–Crippen MR) is 67.0 cm³/mol. The SMILES string of the molecule is NCC1(Cc2ccc(F)c(F)c2)CC2CCC1C2. The summed E-state index contributed by atoms with van der Waals surface area (Å²) in [5.74, 6) is -0.0271. The van der Waals surface area contributed by atoms with Gasteiger partial charge in [-0.3, -0.25) is 0 Å². The molecule has 18 heavy (non-hydrogen) atoms. The Kier molecular flexibility index (Phi) is 2.89. The second kappa shape index (κ2) is 4.30. The maximum atomic E-state index is 13.3. The summed E-state index contributed by atoms with van der Waals surface area (Å²) in [6, 6.07) is 4.25. The molecule has 3 unspecified atom stereocenters. The van der Waals surface area contributed by atoms with Crippen LogP contribution < -0.4 is 5.73 Å². The minimum Gasteiger partial charge on any atom is -0.330 e. The molecule has 1 aromatic rings. The van der Waals surface area contributed by atoms with Crippen molar-refractivity contribution in [1.82, 2.24) is 0 Å². The Morgan fingerprint density at radius 2 is 2.06 bits per heavy atom. The van der Waals surface area contributed by atoms with Crippen molar-refractivity contribution in [2.24, 2.45) is 23.0 Å². The summed E-state index contributed by atoms with van der Waals surface area (Å²) in [6.45, 7) is 0.660. The molecule has 0 heterocycles. The van der Waals surface area contributed by atoms with Crippen molar-refractivity contribution < 1.29 is 8.78 Å². The molecular weight excluding hydrogens is 232 g/mol. The van der Waals surface area contributed by atoms with Crippen molar-refractivity contribution in [2.45, 2.75) is 32.1 Å². The van der Waals surface area contributed by atoms with Crippen molar-refractivity contribution in [3.05, 3.63) is 35.4 Å². The maximum Gasteiger partial charge on any atom is 0.159 e. The zero-order chi connectivity index (χ0) is 12.8. The van der Waals surface area contributed by atoms with Gasteiger partial charge in [-0.2, -0.15) is 0 Å². The van der Waals surface area contributed by atoms with Crippen LogP contribution >= 0.6 is 0 Å². The Hall–Kier alpha value is -0.960. The summed E-state index contributed by atoms with van der Waals surface area (Å²) in [5.41, 5.74) is 7.02. The van der Waals surface area contributed by atoms with Gasteiger partial charge in [0.15, 0.2) is 11.6 Å². The van der Waals surface area contributed by atoms with Gasteiger partial charge in [0.05, 0.1) is 0 Å². The van der Waals surface area contributed by atoms with Gasteiger partial charge in [0.2, 0.25) is 0 Å². The average molecular weight is 251 g/mol. The Morgan fingerprint density at radius 1 is 1.22 bits per heavy atom. The molecule has 2 N–H and O–H groups in total.